The number of hydrogen-bond donors (Lipinski definition) is 1. The van der Waals surface area contributed by atoms with E-state index in [1.54, 1.807) is 24.3 Å². The van der Waals surface area contributed by atoms with Crippen molar-refractivity contribution in [2.24, 2.45) is 10.2 Å². The molecular weight excluding hydrogens is 286 g/mol. The van der Waals surface area contributed by atoms with Crippen LogP contribution in [0.3, 0.4) is 0 Å². The normalized spacial score (nSPS) is 11.5. The van der Waals surface area contributed by atoms with Crippen molar-refractivity contribution in [1.82, 2.24) is 0 Å². The zero-order valence-electron chi connectivity index (χ0n) is 11.3. The second-order valence-electron chi connectivity index (χ2n) is 4.18. The molecule has 0 saturated carbocycles. The second kappa shape index (κ2) is 6.89. The molecule has 0 fully saturated rings. The Balaban J connectivity index is 2.19. The summed E-state index contributed by atoms with van der Waals surface area (Å²) in [6.45, 7) is 0. The predicted octanol–water partition coefficient (Wildman–Crippen LogP) is 3.96. The molecule has 0 aliphatic heterocycles. The number of benzene rings is 2. The van der Waals surface area contributed by atoms with Gasteiger partial charge in [0.15, 0.2) is 5.70 Å². The Hall–Kier alpha value is -3.35. The van der Waals surface area contributed by atoms with Crippen LogP contribution < -0.4 is 0 Å². The van der Waals surface area contributed by atoms with E-state index in [4.69, 9.17) is 5.11 Å². The number of nitro benzene ring substituents is 1. The van der Waals surface area contributed by atoms with Crippen LogP contribution in [0.5, 0.6) is 0 Å². The van der Waals surface area contributed by atoms with Crippen molar-refractivity contribution in [3.8, 4) is 0 Å². The van der Waals surface area contributed by atoms with Crippen molar-refractivity contribution in [2.75, 3.05) is 0 Å². The summed E-state index contributed by atoms with van der Waals surface area (Å²) in [6.07, 6.45) is 0.552. The molecule has 0 heterocycles. The maximum absolute atomic E-state index is 12.1. The van der Waals surface area contributed by atoms with Crippen molar-refractivity contribution in [2.45, 2.75) is 0 Å². The topological polar surface area (TPSA) is 105 Å². The van der Waals surface area contributed by atoms with E-state index in [0.717, 1.165) is 0 Å². The summed E-state index contributed by atoms with van der Waals surface area (Å²) >= 11 is 0. The highest BCUT2D eigenvalue weighted by Crippen LogP contribution is 2.17. The molecule has 0 aromatic heterocycles. The highest BCUT2D eigenvalue weighted by atomic mass is 16.6. The van der Waals surface area contributed by atoms with E-state index in [0.29, 0.717) is 11.9 Å². The molecule has 0 aliphatic carbocycles. The smallest absolute Gasteiger partial charge is 0.269 e. The van der Waals surface area contributed by atoms with Crippen molar-refractivity contribution >= 4 is 17.2 Å². The van der Waals surface area contributed by atoms with E-state index < -0.39 is 10.7 Å². The van der Waals surface area contributed by atoms with Crippen LogP contribution in [-0.4, -0.2) is 15.8 Å². The minimum absolute atomic E-state index is 0.128. The van der Waals surface area contributed by atoms with Crippen molar-refractivity contribution in [1.29, 1.82) is 0 Å². The average molecular weight is 297 g/mol. The van der Waals surface area contributed by atoms with Gasteiger partial charge in [0.2, 0.25) is 5.78 Å². The number of azo groups is 1. The zero-order chi connectivity index (χ0) is 15.9. The molecule has 0 amide bonds. The highest BCUT2D eigenvalue weighted by molar-refractivity contribution is 6.08. The van der Waals surface area contributed by atoms with Crippen molar-refractivity contribution in [3.63, 3.8) is 0 Å². The van der Waals surface area contributed by atoms with Gasteiger partial charge in [-0.1, -0.05) is 18.2 Å². The number of nitro groups is 1. The number of carbonyl (C=O) groups is 1. The minimum atomic E-state index is -0.586. The zero-order valence-corrected chi connectivity index (χ0v) is 11.3. The number of non-ortho nitro benzene ring substituents is 1. The Kier molecular flexibility index (Phi) is 4.71. The Morgan fingerprint density at radius 1 is 1.09 bits per heavy atom. The van der Waals surface area contributed by atoms with Gasteiger partial charge in [-0.25, -0.2) is 0 Å². The van der Waals surface area contributed by atoms with Gasteiger partial charge >= 0.3 is 0 Å². The van der Waals surface area contributed by atoms with Gasteiger partial charge in [-0.15, -0.1) is 5.11 Å². The number of aliphatic hydroxyl groups excluding tert-OH is 1. The van der Waals surface area contributed by atoms with Crippen LogP contribution in [0.1, 0.15) is 10.4 Å². The molecule has 0 radical (unpaired) electrons. The van der Waals surface area contributed by atoms with Crippen molar-refractivity contribution in [3.05, 3.63) is 82.2 Å². The molecule has 0 atom stereocenters. The van der Waals surface area contributed by atoms with E-state index in [1.807, 2.05) is 6.07 Å². The third-order valence-corrected chi connectivity index (χ3v) is 2.72. The molecule has 0 unspecified atom stereocenters. The van der Waals surface area contributed by atoms with Gasteiger partial charge in [-0.2, -0.15) is 5.11 Å². The summed E-state index contributed by atoms with van der Waals surface area (Å²) in [5.74, 6) is -0.586. The average Bonchev–Trinajstić information content (AvgIpc) is 2.56. The third kappa shape index (κ3) is 3.60. The lowest BCUT2D eigenvalue weighted by Crippen LogP contribution is -2.01. The molecule has 0 aliphatic rings. The first-order valence-corrected chi connectivity index (χ1v) is 6.22. The Bertz CT molecular complexity index is 737. The molecule has 7 heteroatoms. The second-order valence-corrected chi connectivity index (χ2v) is 4.18. The quantitative estimate of drug-likeness (QED) is 0.225. The number of Topliss-reactive ketones (excluding diaryl/α,β-unsaturated/α-hetero) is 1. The van der Waals surface area contributed by atoms with E-state index in [-0.39, 0.29) is 16.9 Å². The summed E-state index contributed by atoms with van der Waals surface area (Å²) in [6, 6.07) is 13.7. The summed E-state index contributed by atoms with van der Waals surface area (Å²) in [4.78, 5) is 22.1. The van der Waals surface area contributed by atoms with Crippen LogP contribution in [0.25, 0.3) is 0 Å². The van der Waals surface area contributed by atoms with Crippen LogP contribution in [0.2, 0.25) is 0 Å². The lowest BCUT2D eigenvalue weighted by atomic mass is 10.1. The fourth-order valence-electron chi connectivity index (χ4n) is 1.62. The molecule has 2 aromatic rings. The van der Waals surface area contributed by atoms with E-state index >= 15 is 0 Å². The molecule has 0 saturated heterocycles. The fourth-order valence-corrected chi connectivity index (χ4v) is 1.62. The van der Waals surface area contributed by atoms with E-state index in [2.05, 4.69) is 10.2 Å². The van der Waals surface area contributed by atoms with Gasteiger partial charge in [0.1, 0.15) is 6.26 Å². The highest BCUT2D eigenvalue weighted by Gasteiger charge is 2.14. The van der Waals surface area contributed by atoms with Gasteiger partial charge < -0.3 is 5.11 Å². The summed E-state index contributed by atoms with van der Waals surface area (Å²) in [5, 5.41) is 27.2. The first-order valence-electron chi connectivity index (χ1n) is 6.22. The predicted molar refractivity (Wildman–Crippen MR) is 79.1 cm³/mol. The van der Waals surface area contributed by atoms with E-state index in [1.165, 1.54) is 24.3 Å². The first kappa shape index (κ1) is 15.0. The number of nitrogens with zero attached hydrogens (tertiary/aromatic N) is 3. The lowest BCUT2D eigenvalue weighted by Gasteiger charge is -1.99. The minimum Gasteiger partial charge on any atom is -0.513 e. The van der Waals surface area contributed by atoms with Crippen molar-refractivity contribution < 1.29 is 14.8 Å². The van der Waals surface area contributed by atoms with Crippen LogP contribution in [0, 0.1) is 10.1 Å². The molecule has 22 heavy (non-hydrogen) atoms. The standard InChI is InChI=1S/C15H11N3O4/c19-10-14(17-16-12-4-2-1-3-5-12)15(20)11-6-8-13(9-7-11)18(21)22/h1-10,19H/b14-10-,17-16?. The molecule has 2 rings (SSSR count). The summed E-state index contributed by atoms with van der Waals surface area (Å²) in [7, 11) is 0. The van der Waals surface area contributed by atoms with Crippen LogP contribution in [-0.2, 0) is 0 Å². The number of rotatable bonds is 5. The van der Waals surface area contributed by atoms with Gasteiger partial charge in [0.25, 0.3) is 5.69 Å². The van der Waals surface area contributed by atoms with Gasteiger partial charge in [-0.3, -0.25) is 14.9 Å². The molecule has 2 aromatic carbocycles. The Labute approximate surface area is 125 Å². The number of carbonyl (C=O) groups excluding carboxylic acids is 1. The Morgan fingerprint density at radius 2 is 1.73 bits per heavy atom. The number of allylic oxidation sites excluding steroid dienone is 1. The van der Waals surface area contributed by atoms with Crippen LogP contribution in [0.4, 0.5) is 11.4 Å². The number of ketones is 1. The molecule has 110 valence electrons. The SMILES string of the molecule is O=C(/C(=C/O)N=Nc1ccccc1)c1ccc([N+](=O)[O-])cc1. The molecule has 7 nitrogen and oxygen atoms in total. The Morgan fingerprint density at radius 3 is 2.27 bits per heavy atom. The molecule has 1 N–H and O–H groups in total. The van der Waals surface area contributed by atoms with Gasteiger partial charge in [0.05, 0.1) is 10.6 Å². The number of hydrogen-bond acceptors (Lipinski definition) is 6. The third-order valence-electron chi connectivity index (χ3n) is 2.72. The van der Waals surface area contributed by atoms with Gasteiger partial charge in [-0.05, 0) is 24.3 Å². The largest absolute Gasteiger partial charge is 0.513 e. The van der Waals surface area contributed by atoms with Gasteiger partial charge in [0, 0.05) is 17.7 Å². The monoisotopic (exact) mass is 297 g/mol. The molecule has 0 spiro atoms. The summed E-state index contributed by atoms with van der Waals surface area (Å²) < 4.78 is 0. The number of aliphatic hydroxyl groups is 1. The first-order chi connectivity index (χ1) is 10.6. The van der Waals surface area contributed by atoms with Crippen LogP contribution in [0.15, 0.2) is 76.8 Å². The summed E-state index contributed by atoms with van der Waals surface area (Å²) in [5.41, 5.74) is 0.297. The fraction of sp³-hybridized carbons (Fsp3) is 0. The molecule has 0 bridgehead atoms. The molecular formula is C15H11N3O4. The van der Waals surface area contributed by atoms with E-state index in [9.17, 15) is 14.9 Å². The lowest BCUT2D eigenvalue weighted by molar-refractivity contribution is -0.384. The maximum Gasteiger partial charge on any atom is 0.269 e. The maximum atomic E-state index is 12.1. The van der Waals surface area contributed by atoms with Crippen LogP contribution >= 0.6 is 0 Å².